The van der Waals surface area contributed by atoms with E-state index in [0.717, 1.165) is 35.5 Å². The fraction of sp³-hybridized carbons (Fsp3) is 1.00. The lowest BCUT2D eigenvalue weighted by atomic mass is 9.66. The molecule has 2 aliphatic rings. The zero-order chi connectivity index (χ0) is 18.7. The van der Waals surface area contributed by atoms with Crippen molar-refractivity contribution in [3.05, 3.63) is 0 Å². The largest absolute Gasteiger partial charge is 0.327 e. The highest BCUT2D eigenvalue weighted by Gasteiger charge is 2.36. The van der Waals surface area contributed by atoms with Crippen LogP contribution in [-0.4, -0.2) is 12.1 Å². The van der Waals surface area contributed by atoms with Crippen LogP contribution in [-0.2, 0) is 0 Å². The number of nitrogens with two attached hydrogens (primary N) is 2. The molecule has 8 unspecified atom stereocenters. The molecule has 0 spiro atoms. The Morgan fingerprint density at radius 3 is 1.36 bits per heavy atom. The zero-order valence-electron chi connectivity index (χ0n) is 17.9. The van der Waals surface area contributed by atoms with E-state index in [1.807, 2.05) is 0 Å². The van der Waals surface area contributed by atoms with Crippen molar-refractivity contribution >= 4 is 0 Å². The molecular formula is C23H46N2. The van der Waals surface area contributed by atoms with Crippen LogP contribution in [0.3, 0.4) is 0 Å². The molecule has 2 nitrogen and oxygen atoms in total. The van der Waals surface area contributed by atoms with Gasteiger partial charge >= 0.3 is 0 Å². The molecular weight excluding hydrogens is 304 g/mol. The summed E-state index contributed by atoms with van der Waals surface area (Å²) in [7, 11) is 0. The molecule has 2 rings (SSSR count). The Morgan fingerprint density at radius 1 is 0.680 bits per heavy atom. The van der Waals surface area contributed by atoms with Crippen LogP contribution in [0.4, 0.5) is 0 Å². The van der Waals surface area contributed by atoms with Gasteiger partial charge in [0, 0.05) is 12.1 Å². The first-order chi connectivity index (χ1) is 11.7. The van der Waals surface area contributed by atoms with Gasteiger partial charge in [-0.25, -0.2) is 0 Å². The molecule has 0 amide bonds. The lowest BCUT2D eigenvalue weighted by molar-refractivity contribution is 0.113. The fourth-order valence-corrected chi connectivity index (χ4v) is 6.09. The van der Waals surface area contributed by atoms with E-state index < -0.39 is 0 Å². The van der Waals surface area contributed by atoms with Gasteiger partial charge in [0.2, 0.25) is 0 Å². The van der Waals surface area contributed by atoms with Crippen LogP contribution >= 0.6 is 0 Å². The van der Waals surface area contributed by atoms with E-state index in [1.54, 1.807) is 0 Å². The van der Waals surface area contributed by atoms with Crippen LogP contribution in [0.15, 0.2) is 0 Å². The first-order valence-corrected chi connectivity index (χ1v) is 11.2. The molecule has 0 radical (unpaired) electrons. The second-order valence-electron chi connectivity index (χ2n) is 10.5. The Morgan fingerprint density at radius 2 is 1.04 bits per heavy atom. The van der Waals surface area contributed by atoms with Crippen LogP contribution in [0.1, 0.15) is 86.5 Å². The Bertz CT molecular complexity index is 356. The van der Waals surface area contributed by atoms with Crippen molar-refractivity contribution in [3.63, 3.8) is 0 Å². The van der Waals surface area contributed by atoms with Crippen molar-refractivity contribution in [1.82, 2.24) is 0 Å². The molecule has 0 bridgehead atoms. The maximum atomic E-state index is 6.49. The third-order valence-electron chi connectivity index (χ3n) is 7.86. The highest BCUT2D eigenvalue weighted by molar-refractivity contribution is 4.90. The van der Waals surface area contributed by atoms with Crippen LogP contribution in [0, 0.1) is 47.3 Å². The third-order valence-corrected chi connectivity index (χ3v) is 7.86. The maximum absolute atomic E-state index is 6.49. The first-order valence-electron chi connectivity index (χ1n) is 11.2. The molecule has 0 heterocycles. The van der Waals surface area contributed by atoms with E-state index in [1.165, 1.54) is 44.9 Å². The van der Waals surface area contributed by atoms with Crippen molar-refractivity contribution in [2.24, 2.45) is 58.8 Å². The monoisotopic (exact) mass is 350 g/mol. The number of rotatable bonds is 6. The van der Waals surface area contributed by atoms with Crippen molar-refractivity contribution in [3.8, 4) is 0 Å². The Balaban J connectivity index is 1.80. The van der Waals surface area contributed by atoms with E-state index >= 15 is 0 Å². The summed E-state index contributed by atoms with van der Waals surface area (Å²) in [6, 6.07) is 0.840. The predicted octanol–water partition coefficient (Wildman–Crippen LogP) is 5.45. The molecule has 0 aromatic heterocycles. The summed E-state index contributed by atoms with van der Waals surface area (Å²) in [4.78, 5) is 0. The van der Waals surface area contributed by atoms with Crippen LogP contribution in [0.5, 0.6) is 0 Å². The number of hydrogen-bond acceptors (Lipinski definition) is 2. The standard InChI is InChI=1S/C23H46N2/c1-14(2)20-12-18(10-16(5)22(20)24)8-7-9-19-11-17(6)23(25)21(13-19)15(3)4/h14-23H,7-13,24-25H2,1-6H3. The van der Waals surface area contributed by atoms with E-state index in [0.29, 0.717) is 23.9 Å². The molecule has 2 heteroatoms. The van der Waals surface area contributed by atoms with Gasteiger partial charge in [0.05, 0.1) is 0 Å². The minimum absolute atomic E-state index is 0.420. The van der Waals surface area contributed by atoms with Crippen LogP contribution < -0.4 is 11.5 Å². The summed E-state index contributed by atoms with van der Waals surface area (Å²) in [5, 5.41) is 0. The zero-order valence-corrected chi connectivity index (χ0v) is 17.9. The smallest absolute Gasteiger partial charge is 0.00956 e. The van der Waals surface area contributed by atoms with E-state index in [4.69, 9.17) is 11.5 Å². The van der Waals surface area contributed by atoms with Gasteiger partial charge in [0.1, 0.15) is 0 Å². The lowest BCUT2D eigenvalue weighted by Crippen LogP contribution is -2.45. The quantitative estimate of drug-likeness (QED) is 0.669. The predicted molar refractivity (Wildman–Crippen MR) is 110 cm³/mol. The van der Waals surface area contributed by atoms with Crippen LogP contribution in [0.2, 0.25) is 0 Å². The maximum Gasteiger partial charge on any atom is 0.00956 e. The second-order valence-corrected chi connectivity index (χ2v) is 10.5. The SMILES string of the molecule is CC(C)C1CC(CCCC2CC(C)C(N)C(C(C)C)C2)CC(C)C1N. The van der Waals surface area contributed by atoms with E-state index in [2.05, 4.69) is 41.5 Å². The van der Waals surface area contributed by atoms with Gasteiger partial charge in [-0.05, 0) is 73.0 Å². The topological polar surface area (TPSA) is 52.0 Å². The van der Waals surface area contributed by atoms with Crippen molar-refractivity contribution in [2.45, 2.75) is 98.6 Å². The molecule has 25 heavy (non-hydrogen) atoms. The van der Waals surface area contributed by atoms with Crippen molar-refractivity contribution in [2.75, 3.05) is 0 Å². The summed E-state index contributed by atoms with van der Waals surface area (Å²) in [6.45, 7) is 14.2. The van der Waals surface area contributed by atoms with Gasteiger partial charge in [-0.3, -0.25) is 0 Å². The van der Waals surface area contributed by atoms with Gasteiger partial charge in [-0.15, -0.1) is 0 Å². The highest BCUT2D eigenvalue weighted by atomic mass is 14.7. The van der Waals surface area contributed by atoms with Crippen LogP contribution in [0.25, 0.3) is 0 Å². The van der Waals surface area contributed by atoms with Crippen molar-refractivity contribution in [1.29, 1.82) is 0 Å². The average Bonchev–Trinajstić information content (AvgIpc) is 2.53. The minimum Gasteiger partial charge on any atom is -0.327 e. The minimum atomic E-state index is 0.420. The normalized spacial score (nSPS) is 43.0. The highest BCUT2D eigenvalue weighted by Crippen LogP contribution is 2.41. The van der Waals surface area contributed by atoms with E-state index in [9.17, 15) is 0 Å². The molecule has 0 aromatic rings. The fourth-order valence-electron chi connectivity index (χ4n) is 6.09. The first kappa shape index (κ1) is 21.2. The van der Waals surface area contributed by atoms with Gasteiger partial charge < -0.3 is 11.5 Å². The Kier molecular flexibility index (Phi) is 7.83. The summed E-state index contributed by atoms with van der Waals surface area (Å²) < 4.78 is 0. The molecule has 0 aliphatic heterocycles. The Labute approximate surface area is 157 Å². The summed E-state index contributed by atoms with van der Waals surface area (Å²) in [6.07, 6.45) is 9.69. The molecule has 2 saturated carbocycles. The van der Waals surface area contributed by atoms with Gasteiger partial charge in [-0.2, -0.15) is 0 Å². The molecule has 2 fully saturated rings. The second kappa shape index (κ2) is 9.22. The summed E-state index contributed by atoms with van der Waals surface area (Å²) in [5.74, 6) is 6.13. The molecule has 0 aromatic carbocycles. The van der Waals surface area contributed by atoms with Gasteiger partial charge in [0.25, 0.3) is 0 Å². The molecule has 2 aliphatic carbocycles. The molecule has 4 N–H and O–H groups in total. The summed E-state index contributed by atoms with van der Waals surface area (Å²) in [5.41, 5.74) is 13.0. The molecule has 148 valence electrons. The number of hydrogen-bond donors (Lipinski definition) is 2. The van der Waals surface area contributed by atoms with Gasteiger partial charge in [0.15, 0.2) is 0 Å². The van der Waals surface area contributed by atoms with Gasteiger partial charge in [-0.1, -0.05) is 60.8 Å². The molecule has 0 saturated heterocycles. The van der Waals surface area contributed by atoms with Crippen molar-refractivity contribution < 1.29 is 0 Å². The molecule has 8 atom stereocenters. The van der Waals surface area contributed by atoms with E-state index in [-0.39, 0.29) is 0 Å². The lowest BCUT2D eigenvalue weighted by Gasteiger charge is -2.42. The third kappa shape index (κ3) is 5.45. The Hall–Kier alpha value is -0.0800. The summed E-state index contributed by atoms with van der Waals surface area (Å²) >= 11 is 0. The average molecular weight is 351 g/mol.